The number of benzene rings is 1. The average Bonchev–Trinajstić information content (AvgIpc) is 2.75. The van der Waals surface area contributed by atoms with Crippen molar-refractivity contribution in [3.05, 3.63) is 52.6 Å². The second-order valence-corrected chi connectivity index (χ2v) is 4.76. The number of nitrogens with one attached hydrogen (secondary N) is 1. The molecule has 82 valence electrons. The summed E-state index contributed by atoms with van der Waals surface area (Å²) in [6.45, 7) is 0. The number of aryl methyl sites for hydroxylation is 1. The van der Waals surface area contributed by atoms with Gasteiger partial charge in [-0.05, 0) is 42.9 Å². The summed E-state index contributed by atoms with van der Waals surface area (Å²) in [6.07, 6.45) is 5.08. The van der Waals surface area contributed by atoms with Gasteiger partial charge in [0.25, 0.3) is 0 Å². The molecule has 0 saturated carbocycles. The molecule has 0 radical (unpaired) electrons. The first kappa shape index (κ1) is 9.91. The number of halogens is 1. The highest BCUT2D eigenvalue weighted by Gasteiger charge is 2.21. The van der Waals surface area contributed by atoms with E-state index in [1.807, 2.05) is 12.1 Å². The van der Waals surface area contributed by atoms with Gasteiger partial charge in [0.15, 0.2) is 0 Å². The second-order valence-electron chi connectivity index (χ2n) is 4.32. The maximum absolute atomic E-state index is 6.02. The van der Waals surface area contributed by atoms with Crippen LogP contribution in [0.15, 0.2) is 30.6 Å². The van der Waals surface area contributed by atoms with Gasteiger partial charge in [-0.2, -0.15) is 0 Å². The predicted molar refractivity (Wildman–Crippen MR) is 64.8 cm³/mol. The van der Waals surface area contributed by atoms with Crippen LogP contribution >= 0.6 is 11.6 Å². The van der Waals surface area contributed by atoms with Gasteiger partial charge in [0.2, 0.25) is 0 Å². The van der Waals surface area contributed by atoms with Gasteiger partial charge in [-0.15, -0.1) is 0 Å². The highest BCUT2D eigenvalue weighted by molar-refractivity contribution is 6.30. The fourth-order valence-electron chi connectivity index (χ4n) is 2.45. The van der Waals surface area contributed by atoms with Crippen molar-refractivity contribution in [2.24, 2.45) is 0 Å². The number of imidazole rings is 1. The van der Waals surface area contributed by atoms with Gasteiger partial charge in [-0.1, -0.05) is 23.7 Å². The molecule has 0 amide bonds. The van der Waals surface area contributed by atoms with Gasteiger partial charge in [0.05, 0.1) is 12.0 Å². The first-order valence-corrected chi connectivity index (χ1v) is 5.97. The lowest BCUT2D eigenvalue weighted by atomic mass is 9.84. The molecule has 0 saturated heterocycles. The van der Waals surface area contributed by atoms with Gasteiger partial charge >= 0.3 is 0 Å². The van der Waals surface area contributed by atoms with E-state index in [2.05, 4.69) is 22.1 Å². The summed E-state index contributed by atoms with van der Waals surface area (Å²) >= 11 is 6.02. The van der Waals surface area contributed by atoms with Crippen LogP contribution in [0, 0.1) is 0 Å². The topological polar surface area (TPSA) is 28.7 Å². The van der Waals surface area contributed by atoms with Crippen LogP contribution in [0.5, 0.6) is 0 Å². The minimum absolute atomic E-state index is 0.576. The number of hydrogen-bond acceptors (Lipinski definition) is 1. The predicted octanol–water partition coefficient (Wildman–Crippen LogP) is 3.34. The summed E-state index contributed by atoms with van der Waals surface area (Å²) in [5.74, 6) is 0.576. The molecule has 0 fully saturated rings. The molecule has 1 aliphatic rings. The van der Waals surface area contributed by atoms with E-state index in [-0.39, 0.29) is 0 Å². The standard InChI is InChI=1S/C13H13ClN2/c14-11-3-1-2-9(6-11)10-4-5-12-13(7-10)16-8-15-12/h1-3,6,8,10H,4-5,7H2,(H,15,16). The molecule has 1 N–H and O–H groups in total. The molecule has 3 heteroatoms. The molecule has 2 aromatic rings. The van der Waals surface area contributed by atoms with E-state index in [9.17, 15) is 0 Å². The summed E-state index contributed by atoms with van der Waals surface area (Å²) in [5, 5.41) is 0.827. The van der Waals surface area contributed by atoms with Crippen LogP contribution < -0.4 is 0 Å². The van der Waals surface area contributed by atoms with E-state index in [0.717, 1.165) is 24.3 Å². The summed E-state index contributed by atoms with van der Waals surface area (Å²) < 4.78 is 0. The van der Waals surface area contributed by atoms with Gasteiger partial charge in [-0.3, -0.25) is 0 Å². The Hall–Kier alpha value is -1.28. The van der Waals surface area contributed by atoms with Crippen molar-refractivity contribution in [3.63, 3.8) is 0 Å². The zero-order valence-corrected chi connectivity index (χ0v) is 9.67. The van der Waals surface area contributed by atoms with Crippen molar-refractivity contribution < 1.29 is 0 Å². The number of hydrogen-bond donors (Lipinski definition) is 1. The average molecular weight is 233 g/mol. The number of rotatable bonds is 1. The summed E-state index contributed by atoms with van der Waals surface area (Å²) in [7, 11) is 0. The van der Waals surface area contributed by atoms with Crippen molar-refractivity contribution in [2.75, 3.05) is 0 Å². The summed E-state index contributed by atoms with van der Waals surface area (Å²) in [4.78, 5) is 7.55. The number of aromatic amines is 1. The van der Waals surface area contributed by atoms with Gasteiger partial charge < -0.3 is 4.98 Å². The van der Waals surface area contributed by atoms with Crippen LogP contribution in [0.3, 0.4) is 0 Å². The van der Waals surface area contributed by atoms with Crippen molar-refractivity contribution >= 4 is 11.6 Å². The van der Waals surface area contributed by atoms with Crippen LogP contribution in [-0.2, 0) is 12.8 Å². The van der Waals surface area contributed by atoms with Crippen LogP contribution in [0.2, 0.25) is 5.02 Å². The fourth-order valence-corrected chi connectivity index (χ4v) is 2.64. The van der Waals surface area contributed by atoms with Crippen molar-refractivity contribution in [3.8, 4) is 0 Å². The molecule has 1 aromatic heterocycles. The molecule has 1 aliphatic carbocycles. The Balaban J connectivity index is 1.88. The monoisotopic (exact) mass is 232 g/mol. The summed E-state index contributed by atoms with van der Waals surface area (Å²) in [6, 6.07) is 8.20. The molecule has 1 heterocycles. The van der Waals surface area contributed by atoms with Crippen molar-refractivity contribution in [1.29, 1.82) is 0 Å². The molecule has 0 spiro atoms. The molecule has 0 aliphatic heterocycles. The normalized spacial score (nSPS) is 19.4. The zero-order chi connectivity index (χ0) is 11.0. The van der Waals surface area contributed by atoms with Gasteiger partial charge in [0.1, 0.15) is 0 Å². The SMILES string of the molecule is Clc1cccc(C2CCc3nc[nH]c3C2)c1. The largest absolute Gasteiger partial charge is 0.348 e. The third-order valence-corrected chi connectivity index (χ3v) is 3.54. The lowest BCUT2D eigenvalue weighted by molar-refractivity contribution is 0.572. The minimum atomic E-state index is 0.576. The van der Waals surface area contributed by atoms with E-state index in [0.29, 0.717) is 5.92 Å². The maximum atomic E-state index is 6.02. The molecule has 1 atom stereocenters. The Morgan fingerprint density at radius 1 is 1.38 bits per heavy atom. The van der Waals surface area contributed by atoms with E-state index in [1.165, 1.54) is 17.0 Å². The third-order valence-electron chi connectivity index (χ3n) is 3.31. The van der Waals surface area contributed by atoms with Crippen LogP contribution in [0.1, 0.15) is 29.3 Å². The Morgan fingerprint density at radius 3 is 3.19 bits per heavy atom. The number of fused-ring (bicyclic) bond motifs is 1. The third kappa shape index (κ3) is 1.74. The quantitative estimate of drug-likeness (QED) is 0.803. The van der Waals surface area contributed by atoms with E-state index in [1.54, 1.807) is 6.33 Å². The van der Waals surface area contributed by atoms with E-state index < -0.39 is 0 Å². The Kier molecular flexibility index (Phi) is 2.44. The first-order valence-electron chi connectivity index (χ1n) is 5.59. The van der Waals surface area contributed by atoms with E-state index in [4.69, 9.17) is 11.6 Å². The number of aromatic nitrogens is 2. The minimum Gasteiger partial charge on any atom is -0.348 e. The lowest BCUT2D eigenvalue weighted by Crippen LogP contribution is -2.12. The molecule has 3 rings (SSSR count). The lowest BCUT2D eigenvalue weighted by Gasteiger charge is -2.21. The Morgan fingerprint density at radius 2 is 2.31 bits per heavy atom. The van der Waals surface area contributed by atoms with Crippen LogP contribution in [-0.4, -0.2) is 9.97 Å². The van der Waals surface area contributed by atoms with Gasteiger partial charge in [-0.25, -0.2) is 4.98 Å². The first-order chi connectivity index (χ1) is 7.83. The zero-order valence-electron chi connectivity index (χ0n) is 8.91. The molecule has 16 heavy (non-hydrogen) atoms. The van der Waals surface area contributed by atoms with Gasteiger partial charge in [0, 0.05) is 10.7 Å². The van der Waals surface area contributed by atoms with Crippen molar-refractivity contribution in [1.82, 2.24) is 9.97 Å². The number of nitrogens with zero attached hydrogens (tertiary/aromatic N) is 1. The second kappa shape index (κ2) is 3.95. The van der Waals surface area contributed by atoms with E-state index >= 15 is 0 Å². The molecular formula is C13H13ClN2. The van der Waals surface area contributed by atoms with Crippen LogP contribution in [0.25, 0.3) is 0 Å². The smallest absolute Gasteiger partial charge is 0.0925 e. The molecule has 1 aromatic carbocycles. The van der Waals surface area contributed by atoms with Crippen molar-refractivity contribution in [2.45, 2.75) is 25.2 Å². The molecule has 0 bridgehead atoms. The molecule has 1 unspecified atom stereocenters. The highest BCUT2D eigenvalue weighted by atomic mass is 35.5. The Bertz CT molecular complexity index is 504. The summed E-state index contributed by atoms with van der Waals surface area (Å²) in [5.41, 5.74) is 3.86. The molecular weight excluding hydrogens is 220 g/mol. The fraction of sp³-hybridized carbons (Fsp3) is 0.308. The maximum Gasteiger partial charge on any atom is 0.0925 e. The highest BCUT2D eigenvalue weighted by Crippen LogP contribution is 2.31. The molecule has 2 nitrogen and oxygen atoms in total. The van der Waals surface area contributed by atoms with Crippen LogP contribution in [0.4, 0.5) is 0 Å². The Labute approximate surface area is 99.7 Å². The number of H-pyrrole nitrogens is 1.